The van der Waals surface area contributed by atoms with Gasteiger partial charge in [0.05, 0.1) is 28.7 Å². The van der Waals surface area contributed by atoms with Gasteiger partial charge in [-0.25, -0.2) is 9.67 Å². The average molecular weight is 453 g/mol. The van der Waals surface area contributed by atoms with Crippen LogP contribution in [0.25, 0.3) is 10.6 Å². The van der Waals surface area contributed by atoms with Crippen LogP contribution in [0, 0.1) is 6.92 Å². The van der Waals surface area contributed by atoms with Crippen molar-refractivity contribution in [2.24, 2.45) is 0 Å². The van der Waals surface area contributed by atoms with Crippen molar-refractivity contribution in [2.75, 3.05) is 6.61 Å². The van der Waals surface area contributed by atoms with E-state index in [0.29, 0.717) is 12.3 Å². The van der Waals surface area contributed by atoms with Crippen LogP contribution in [-0.2, 0) is 13.1 Å². The Hall–Kier alpha value is -3.30. The van der Waals surface area contributed by atoms with Gasteiger partial charge in [0, 0.05) is 16.3 Å². The van der Waals surface area contributed by atoms with Crippen molar-refractivity contribution in [1.82, 2.24) is 20.1 Å². The number of aryl methyl sites for hydroxylation is 1. The molecule has 0 aliphatic carbocycles. The summed E-state index contributed by atoms with van der Waals surface area (Å²) < 4.78 is 6.85. The van der Waals surface area contributed by atoms with E-state index in [-0.39, 0.29) is 30.3 Å². The molecule has 0 atom stereocenters. The number of nitrogens with zero attached hydrogens (tertiary/aromatic N) is 3. The van der Waals surface area contributed by atoms with Crippen LogP contribution in [0.4, 0.5) is 0 Å². The molecule has 4 rings (SSSR count). The Balaban J connectivity index is 1.34. The smallest absolute Gasteiger partial charge is 0.272 e. The molecule has 0 spiro atoms. The van der Waals surface area contributed by atoms with E-state index in [9.17, 15) is 9.59 Å². The summed E-state index contributed by atoms with van der Waals surface area (Å²) >= 11 is 3.20. The molecule has 3 heterocycles. The lowest BCUT2D eigenvalue weighted by Gasteiger charge is -2.09. The van der Waals surface area contributed by atoms with Gasteiger partial charge in [0.15, 0.2) is 0 Å². The third kappa shape index (κ3) is 5.44. The lowest BCUT2D eigenvalue weighted by molar-refractivity contribution is 0.0943. The number of nitrogens with one attached hydrogen (secondary N) is 1. The van der Waals surface area contributed by atoms with Crippen molar-refractivity contribution in [1.29, 1.82) is 0 Å². The molecule has 4 aromatic rings. The molecule has 31 heavy (non-hydrogen) atoms. The topological polar surface area (TPSA) is 86.1 Å². The van der Waals surface area contributed by atoms with Crippen LogP contribution in [0.2, 0.25) is 0 Å². The van der Waals surface area contributed by atoms with Gasteiger partial charge in [0.1, 0.15) is 18.1 Å². The third-order valence-electron chi connectivity index (χ3n) is 4.37. The predicted octanol–water partition coefficient (Wildman–Crippen LogP) is 3.75. The van der Waals surface area contributed by atoms with Gasteiger partial charge in [-0.1, -0.05) is 18.2 Å². The second-order valence-corrected chi connectivity index (χ2v) is 8.87. The number of rotatable bonds is 8. The van der Waals surface area contributed by atoms with Crippen LogP contribution in [-0.4, -0.2) is 27.3 Å². The maximum Gasteiger partial charge on any atom is 0.272 e. The van der Waals surface area contributed by atoms with E-state index in [1.165, 1.54) is 16.8 Å². The molecule has 9 heteroatoms. The number of ether oxygens (including phenoxy) is 1. The number of amides is 1. The molecule has 0 saturated carbocycles. The number of carbonyl (C=O) groups excluding carboxylic acids is 1. The summed E-state index contributed by atoms with van der Waals surface area (Å²) in [6, 6.07) is 16.1. The molecule has 158 valence electrons. The van der Waals surface area contributed by atoms with E-state index in [2.05, 4.69) is 15.4 Å². The Morgan fingerprint density at radius 2 is 1.97 bits per heavy atom. The fraction of sp³-hybridized carbons (Fsp3) is 0.182. The molecule has 0 aliphatic rings. The highest BCUT2D eigenvalue weighted by Gasteiger charge is 2.11. The SMILES string of the molecule is Cc1nc(-c2ccc(CNC(=O)c3ccc(=O)n(CCOc4ccccc4)n3)s2)cs1. The summed E-state index contributed by atoms with van der Waals surface area (Å²) in [6.45, 7) is 2.87. The lowest BCUT2D eigenvalue weighted by Crippen LogP contribution is -2.30. The first-order chi connectivity index (χ1) is 15.1. The molecule has 0 unspecified atom stereocenters. The molecule has 0 aliphatic heterocycles. The first-order valence-corrected chi connectivity index (χ1v) is 11.3. The van der Waals surface area contributed by atoms with Gasteiger partial charge < -0.3 is 10.1 Å². The number of para-hydroxylation sites is 1. The summed E-state index contributed by atoms with van der Waals surface area (Å²) in [7, 11) is 0. The van der Waals surface area contributed by atoms with Gasteiger partial charge in [-0.05, 0) is 37.3 Å². The number of hydrogen-bond acceptors (Lipinski definition) is 7. The van der Waals surface area contributed by atoms with Crippen LogP contribution in [0.1, 0.15) is 20.4 Å². The van der Waals surface area contributed by atoms with E-state index >= 15 is 0 Å². The minimum atomic E-state index is -0.336. The second kappa shape index (κ2) is 9.67. The molecule has 1 aromatic carbocycles. The molecule has 1 amide bonds. The van der Waals surface area contributed by atoms with Crippen molar-refractivity contribution >= 4 is 28.6 Å². The molecule has 1 N–H and O–H groups in total. The Morgan fingerprint density at radius 1 is 1.13 bits per heavy atom. The quantitative estimate of drug-likeness (QED) is 0.440. The Kier molecular flexibility index (Phi) is 6.54. The van der Waals surface area contributed by atoms with E-state index in [1.54, 1.807) is 22.7 Å². The summed E-state index contributed by atoms with van der Waals surface area (Å²) in [4.78, 5) is 31.2. The molecule has 0 saturated heterocycles. The number of carbonyl (C=O) groups is 1. The number of hydrogen-bond donors (Lipinski definition) is 1. The number of benzene rings is 1. The first-order valence-electron chi connectivity index (χ1n) is 9.64. The van der Waals surface area contributed by atoms with Crippen molar-refractivity contribution in [3.8, 4) is 16.3 Å². The monoisotopic (exact) mass is 452 g/mol. The second-order valence-electron chi connectivity index (χ2n) is 6.64. The normalized spacial score (nSPS) is 10.7. The average Bonchev–Trinajstić information content (AvgIpc) is 3.43. The largest absolute Gasteiger partial charge is 0.492 e. The van der Waals surface area contributed by atoms with E-state index in [1.807, 2.05) is 54.8 Å². The zero-order chi connectivity index (χ0) is 21.6. The predicted molar refractivity (Wildman–Crippen MR) is 122 cm³/mol. The van der Waals surface area contributed by atoms with Crippen molar-refractivity contribution < 1.29 is 9.53 Å². The Morgan fingerprint density at radius 3 is 2.74 bits per heavy atom. The number of thiazole rings is 1. The first kappa shape index (κ1) is 21.0. The molecule has 7 nitrogen and oxygen atoms in total. The Labute approximate surface area is 187 Å². The molecule has 3 aromatic heterocycles. The zero-order valence-corrected chi connectivity index (χ0v) is 18.4. The molecule has 0 fully saturated rings. The highest BCUT2D eigenvalue weighted by atomic mass is 32.1. The molecular weight excluding hydrogens is 432 g/mol. The highest BCUT2D eigenvalue weighted by molar-refractivity contribution is 7.16. The van der Waals surface area contributed by atoms with Crippen LogP contribution in [0.5, 0.6) is 5.75 Å². The van der Waals surface area contributed by atoms with E-state index < -0.39 is 0 Å². The van der Waals surface area contributed by atoms with E-state index in [0.717, 1.165) is 20.5 Å². The van der Waals surface area contributed by atoms with Crippen molar-refractivity contribution in [3.05, 3.63) is 85.9 Å². The summed E-state index contributed by atoms with van der Waals surface area (Å²) in [5.41, 5.74) is 0.859. The van der Waals surface area contributed by atoms with Gasteiger partial charge in [0.2, 0.25) is 0 Å². The maximum atomic E-state index is 12.5. The van der Waals surface area contributed by atoms with Gasteiger partial charge in [0.25, 0.3) is 11.5 Å². The lowest BCUT2D eigenvalue weighted by atomic mass is 10.3. The van der Waals surface area contributed by atoms with Gasteiger partial charge in [-0.2, -0.15) is 5.10 Å². The third-order valence-corrected chi connectivity index (χ3v) is 6.25. The summed E-state index contributed by atoms with van der Waals surface area (Å²) in [5, 5.41) is 10.1. The molecular formula is C22H20N4O3S2. The summed E-state index contributed by atoms with van der Waals surface area (Å²) in [5.74, 6) is 0.379. The van der Waals surface area contributed by atoms with Crippen molar-refractivity contribution in [3.63, 3.8) is 0 Å². The van der Waals surface area contributed by atoms with E-state index in [4.69, 9.17) is 4.74 Å². The van der Waals surface area contributed by atoms with Gasteiger partial charge >= 0.3 is 0 Å². The Bertz CT molecular complexity index is 1230. The fourth-order valence-electron chi connectivity index (χ4n) is 2.84. The maximum absolute atomic E-state index is 12.5. The van der Waals surface area contributed by atoms with Crippen LogP contribution >= 0.6 is 22.7 Å². The summed E-state index contributed by atoms with van der Waals surface area (Å²) in [6.07, 6.45) is 0. The minimum Gasteiger partial charge on any atom is -0.492 e. The zero-order valence-electron chi connectivity index (χ0n) is 16.8. The standard InChI is InChI=1S/C22H20N4O3S2/c1-15-24-19(14-30-15)20-9-7-17(31-20)13-23-22(28)18-8-10-21(27)26(25-18)11-12-29-16-5-3-2-4-6-16/h2-10,14H,11-13H2,1H3,(H,23,28). The minimum absolute atomic E-state index is 0.186. The molecule has 0 bridgehead atoms. The van der Waals surface area contributed by atoms with Crippen molar-refractivity contribution in [2.45, 2.75) is 20.0 Å². The number of thiophene rings is 1. The van der Waals surface area contributed by atoms with Crippen LogP contribution in [0.3, 0.4) is 0 Å². The van der Waals surface area contributed by atoms with Crippen LogP contribution < -0.4 is 15.6 Å². The highest BCUT2D eigenvalue weighted by Crippen LogP contribution is 2.28. The van der Waals surface area contributed by atoms with Gasteiger partial charge in [-0.3, -0.25) is 9.59 Å². The fourth-order valence-corrected chi connectivity index (χ4v) is 4.44. The van der Waals surface area contributed by atoms with Gasteiger partial charge in [-0.15, -0.1) is 22.7 Å². The van der Waals surface area contributed by atoms with Crippen LogP contribution in [0.15, 0.2) is 64.8 Å². The number of aromatic nitrogens is 3. The molecule has 0 radical (unpaired) electrons.